The molecular formula is C23H30N2O5S. The van der Waals surface area contributed by atoms with Crippen LogP contribution in [0.3, 0.4) is 0 Å². The summed E-state index contributed by atoms with van der Waals surface area (Å²) >= 11 is 0. The molecule has 2 aromatic rings. The number of amides is 1. The number of carbonyl (C=O) groups is 1. The average Bonchev–Trinajstić information content (AvgIpc) is 2.78. The van der Waals surface area contributed by atoms with E-state index in [1.807, 2.05) is 31.2 Å². The molecule has 1 aliphatic rings. The van der Waals surface area contributed by atoms with Crippen LogP contribution >= 0.6 is 0 Å². The summed E-state index contributed by atoms with van der Waals surface area (Å²) < 4.78 is 38.2. The van der Waals surface area contributed by atoms with Gasteiger partial charge in [-0.1, -0.05) is 24.6 Å². The lowest BCUT2D eigenvalue weighted by Gasteiger charge is -2.26. The van der Waals surface area contributed by atoms with Crippen LogP contribution in [0.15, 0.2) is 47.4 Å². The van der Waals surface area contributed by atoms with Crippen LogP contribution in [0.1, 0.15) is 43.4 Å². The third kappa shape index (κ3) is 5.57. The summed E-state index contributed by atoms with van der Waals surface area (Å²) in [6.45, 7) is 4.61. The normalized spacial score (nSPS) is 15.8. The summed E-state index contributed by atoms with van der Waals surface area (Å²) in [6, 6.07) is 12.0. The number of hydrogen-bond donors (Lipinski definition) is 1. The van der Waals surface area contributed by atoms with Crippen LogP contribution in [-0.2, 0) is 14.8 Å². The number of nitrogens with one attached hydrogen (secondary N) is 1. The number of para-hydroxylation sites is 1. The van der Waals surface area contributed by atoms with Gasteiger partial charge in [0.25, 0.3) is 5.91 Å². The molecule has 0 bridgehead atoms. The van der Waals surface area contributed by atoms with Crippen molar-refractivity contribution < 1.29 is 22.7 Å². The molecule has 2 aromatic carbocycles. The smallest absolute Gasteiger partial charge is 0.258 e. The first-order valence-corrected chi connectivity index (χ1v) is 11.9. The Kier molecular flexibility index (Phi) is 7.56. The number of benzene rings is 2. The van der Waals surface area contributed by atoms with Gasteiger partial charge < -0.3 is 14.8 Å². The minimum absolute atomic E-state index is 0.168. The first-order chi connectivity index (χ1) is 14.8. The lowest BCUT2D eigenvalue weighted by Crippen LogP contribution is -2.35. The zero-order valence-electron chi connectivity index (χ0n) is 18.3. The zero-order chi connectivity index (χ0) is 22.4. The van der Waals surface area contributed by atoms with E-state index in [0.717, 1.165) is 24.8 Å². The predicted octanol–water partition coefficient (Wildman–Crippen LogP) is 3.43. The topological polar surface area (TPSA) is 84.9 Å². The number of nitrogens with zero attached hydrogens (tertiary/aromatic N) is 1. The number of methoxy groups -OCH3 is 1. The molecule has 0 spiro atoms. The molecule has 7 nitrogen and oxygen atoms in total. The van der Waals surface area contributed by atoms with Gasteiger partial charge in [0.2, 0.25) is 10.0 Å². The Bertz CT molecular complexity index is 1020. The molecule has 1 fully saturated rings. The van der Waals surface area contributed by atoms with E-state index in [1.165, 1.54) is 0 Å². The maximum atomic E-state index is 12.8. The first-order valence-electron chi connectivity index (χ1n) is 10.5. The highest BCUT2D eigenvalue weighted by Gasteiger charge is 2.26. The standard InChI is InChI=1S/C23H30N2O5S/c1-17-15-19(31(27,28)25-13-7-4-8-14-25)11-12-21(17)30-16-23(26)24-18(2)20-9-5-6-10-22(20)29-3/h5-6,9-12,15,18H,4,7-8,13-14,16H2,1-3H3,(H,24,26)/t18-/m0/s1. The van der Waals surface area contributed by atoms with Gasteiger partial charge in [0.15, 0.2) is 6.61 Å². The van der Waals surface area contributed by atoms with Gasteiger partial charge in [-0.2, -0.15) is 4.31 Å². The maximum absolute atomic E-state index is 12.8. The molecule has 1 saturated heterocycles. The van der Waals surface area contributed by atoms with Gasteiger partial charge in [0, 0.05) is 18.7 Å². The summed E-state index contributed by atoms with van der Waals surface area (Å²) in [7, 11) is -1.91. The molecule has 0 aromatic heterocycles. The van der Waals surface area contributed by atoms with Gasteiger partial charge in [-0.05, 0) is 56.5 Å². The van der Waals surface area contributed by atoms with Crippen molar-refractivity contribution in [1.29, 1.82) is 0 Å². The maximum Gasteiger partial charge on any atom is 0.258 e. The average molecular weight is 447 g/mol. The monoisotopic (exact) mass is 446 g/mol. The molecule has 1 atom stereocenters. The zero-order valence-corrected chi connectivity index (χ0v) is 19.1. The number of rotatable bonds is 8. The fourth-order valence-electron chi connectivity index (χ4n) is 3.73. The van der Waals surface area contributed by atoms with Crippen LogP contribution in [0.2, 0.25) is 0 Å². The van der Waals surface area contributed by atoms with E-state index in [9.17, 15) is 13.2 Å². The van der Waals surface area contributed by atoms with Crippen molar-refractivity contribution in [2.45, 2.75) is 44.0 Å². The van der Waals surface area contributed by atoms with E-state index < -0.39 is 10.0 Å². The molecule has 31 heavy (non-hydrogen) atoms. The van der Waals surface area contributed by atoms with Crippen molar-refractivity contribution in [2.24, 2.45) is 0 Å². The predicted molar refractivity (Wildman–Crippen MR) is 119 cm³/mol. The first kappa shape index (κ1) is 23.1. The number of ether oxygens (including phenoxy) is 2. The van der Waals surface area contributed by atoms with E-state index in [0.29, 0.717) is 30.2 Å². The molecule has 0 radical (unpaired) electrons. The highest BCUT2D eigenvalue weighted by Crippen LogP contribution is 2.26. The van der Waals surface area contributed by atoms with E-state index in [-0.39, 0.29) is 23.5 Å². The third-order valence-corrected chi connectivity index (χ3v) is 7.34. The minimum atomic E-state index is -3.50. The van der Waals surface area contributed by atoms with Crippen LogP contribution in [-0.4, -0.2) is 45.4 Å². The number of sulfonamides is 1. The fraction of sp³-hybridized carbons (Fsp3) is 0.435. The van der Waals surface area contributed by atoms with Gasteiger partial charge in [-0.15, -0.1) is 0 Å². The van der Waals surface area contributed by atoms with Crippen LogP contribution in [0, 0.1) is 6.92 Å². The minimum Gasteiger partial charge on any atom is -0.496 e. The molecule has 1 aliphatic heterocycles. The second kappa shape index (κ2) is 10.2. The van der Waals surface area contributed by atoms with E-state index in [1.54, 1.807) is 36.5 Å². The highest BCUT2D eigenvalue weighted by atomic mass is 32.2. The van der Waals surface area contributed by atoms with E-state index in [2.05, 4.69) is 5.32 Å². The Morgan fingerprint density at radius 2 is 1.81 bits per heavy atom. The SMILES string of the molecule is COc1ccccc1[C@H](C)NC(=O)COc1ccc(S(=O)(=O)N2CCCCC2)cc1C. The Morgan fingerprint density at radius 3 is 2.48 bits per heavy atom. The molecule has 8 heteroatoms. The van der Waals surface area contributed by atoms with Gasteiger partial charge in [0.1, 0.15) is 11.5 Å². The number of piperidine rings is 1. The summed E-state index contributed by atoms with van der Waals surface area (Å²) in [6.07, 6.45) is 2.85. The van der Waals surface area contributed by atoms with Gasteiger partial charge in [-0.3, -0.25) is 4.79 Å². The van der Waals surface area contributed by atoms with Gasteiger partial charge >= 0.3 is 0 Å². The van der Waals surface area contributed by atoms with Crippen molar-refractivity contribution in [2.75, 3.05) is 26.8 Å². The summed E-state index contributed by atoms with van der Waals surface area (Å²) in [4.78, 5) is 12.6. The molecule has 3 rings (SSSR count). The third-order valence-electron chi connectivity index (χ3n) is 5.44. The van der Waals surface area contributed by atoms with Gasteiger partial charge in [-0.25, -0.2) is 8.42 Å². The van der Waals surface area contributed by atoms with Crippen LogP contribution in [0.5, 0.6) is 11.5 Å². The Balaban J connectivity index is 1.61. The van der Waals surface area contributed by atoms with Crippen molar-refractivity contribution in [3.05, 3.63) is 53.6 Å². The van der Waals surface area contributed by atoms with Crippen LogP contribution in [0.25, 0.3) is 0 Å². The van der Waals surface area contributed by atoms with Crippen LogP contribution in [0.4, 0.5) is 0 Å². The molecule has 0 unspecified atom stereocenters. The fourth-order valence-corrected chi connectivity index (χ4v) is 5.33. The van der Waals surface area contributed by atoms with Crippen molar-refractivity contribution in [3.63, 3.8) is 0 Å². The molecular weight excluding hydrogens is 416 g/mol. The Hall–Kier alpha value is -2.58. The number of hydrogen-bond acceptors (Lipinski definition) is 5. The summed E-state index contributed by atoms with van der Waals surface area (Å²) in [5, 5.41) is 2.89. The second-order valence-corrected chi connectivity index (χ2v) is 9.65. The molecule has 1 heterocycles. The molecule has 0 aliphatic carbocycles. The summed E-state index contributed by atoms with van der Waals surface area (Å²) in [5.41, 5.74) is 1.55. The number of aryl methyl sites for hydroxylation is 1. The molecule has 1 N–H and O–H groups in total. The second-order valence-electron chi connectivity index (χ2n) is 7.71. The quantitative estimate of drug-likeness (QED) is 0.672. The Morgan fingerprint density at radius 1 is 1.10 bits per heavy atom. The molecule has 168 valence electrons. The largest absolute Gasteiger partial charge is 0.496 e. The molecule has 1 amide bonds. The van der Waals surface area contributed by atoms with Crippen molar-refractivity contribution in [3.8, 4) is 11.5 Å². The lowest BCUT2D eigenvalue weighted by atomic mass is 10.1. The number of carbonyl (C=O) groups excluding carboxylic acids is 1. The lowest BCUT2D eigenvalue weighted by molar-refractivity contribution is -0.123. The van der Waals surface area contributed by atoms with Gasteiger partial charge in [0.05, 0.1) is 18.0 Å². The molecule has 0 saturated carbocycles. The Labute approximate surface area is 184 Å². The van der Waals surface area contributed by atoms with E-state index in [4.69, 9.17) is 9.47 Å². The van der Waals surface area contributed by atoms with E-state index >= 15 is 0 Å². The van der Waals surface area contributed by atoms with Crippen molar-refractivity contribution >= 4 is 15.9 Å². The summed E-state index contributed by atoms with van der Waals surface area (Å²) in [5.74, 6) is 0.915. The van der Waals surface area contributed by atoms with Crippen molar-refractivity contribution in [1.82, 2.24) is 9.62 Å². The highest BCUT2D eigenvalue weighted by molar-refractivity contribution is 7.89. The van der Waals surface area contributed by atoms with Crippen LogP contribution < -0.4 is 14.8 Å².